The van der Waals surface area contributed by atoms with Crippen molar-refractivity contribution >= 4 is 30.1 Å². The number of guanidine groups is 1. The summed E-state index contributed by atoms with van der Waals surface area (Å²) >= 11 is 0. The number of alkyl carbamates (subject to hydrolysis) is 3. The topological polar surface area (TPSA) is 156 Å². The quantitative estimate of drug-likeness (QED) is 0.0869. The molecular weight excluding hydrogens is 554 g/mol. The monoisotopic (exact) mass is 595 g/mol. The SMILES string of the molecule is C=CCCNC(=O)[C@H](CCCN=C(NC(=O)OCc1ccccc1)NC(=O)OCc1ccccc1)NC(=O)OC(C)(C)C. The minimum Gasteiger partial charge on any atom is -0.444 e. The van der Waals surface area contributed by atoms with Crippen LogP contribution in [0.5, 0.6) is 0 Å². The summed E-state index contributed by atoms with van der Waals surface area (Å²) in [6.45, 7) is 9.26. The molecule has 0 aromatic heterocycles. The Balaban J connectivity index is 2.02. The van der Waals surface area contributed by atoms with Gasteiger partial charge in [-0.05, 0) is 51.2 Å². The molecule has 0 aliphatic carbocycles. The van der Waals surface area contributed by atoms with Crippen LogP contribution in [0.4, 0.5) is 14.4 Å². The molecule has 12 nitrogen and oxygen atoms in total. The summed E-state index contributed by atoms with van der Waals surface area (Å²) in [6.07, 6.45) is 0.340. The van der Waals surface area contributed by atoms with Crippen molar-refractivity contribution in [2.24, 2.45) is 4.99 Å². The molecule has 12 heteroatoms. The number of hydrogen-bond acceptors (Lipinski definition) is 8. The summed E-state index contributed by atoms with van der Waals surface area (Å²) in [5.41, 5.74) is 0.817. The van der Waals surface area contributed by atoms with Gasteiger partial charge in [0.25, 0.3) is 0 Å². The van der Waals surface area contributed by atoms with Crippen LogP contribution in [0.15, 0.2) is 78.3 Å². The first-order chi connectivity index (χ1) is 20.6. The number of nitrogens with zero attached hydrogens (tertiary/aromatic N) is 1. The number of benzene rings is 2. The fourth-order valence-corrected chi connectivity index (χ4v) is 3.45. The molecule has 0 aliphatic heterocycles. The second kappa shape index (κ2) is 18.5. The van der Waals surface area contributed by atoms with Gasteiger partial charge in [0.05, 0.1) is 0 Å². The molecule has 2 rings (SSSR count). The zero-order chi connectivity index (χ0) is 31.5. The van der Waals surface area contributed by atoms with Gasteiger partial charge in [-0.25, -0.2) is 14.4 Å². The highest BCUT2D eigenvalue weighted by Gasteiger charge is 2.24. The van der Waals surface area contributed by atoms with E-state index in [1.807, 2.05) is 36.4 Å². The summed E-state index contributed by atoms with van der Waals surface area (Å²) in [6, 6.07) is 17.3. The van der Waals surface area contributed by atoms with Crippen LogP contribution < -0.4 is 21.3 Å². The molecule has 0 bridgehead atoms. The van der Waals surface area contributed by atoms with E-state index in [4.69, 9.17) is 14.2 Å². The molecule has 43 heavy (non-hydrogen) atoms. The highest BCUT2D eigenvalue weighted by Crippen LogP contribution is 2.08. The molecule has 0 saturated heterocycles. The average Bonchev–Trinajstić information content (AvgIpc) is 2.96. The largest absolute Gasteiger partial charge is 0.444 e. The standard InChI is InChI=1S/C31H41N5O7/c1-5-6-19-32-26(37)25(34-30(40)43-31(2,3)4)18-13-20-33-27(35-28(38)41-21-23-14-9-7-10-15-23)36-29(39)42-22-24-16-11-8-12-17-24/h5,7-12,14-17,25H,1,6,13,18-22H2,2-4H3,(H,32,37)(H,34,40)(H2,33,35,36,38,39)/t25-/m0/s1. The number of ether oxygens (including phenoxy) is 3. The first-order valence-corrected chi connectivity index (χ1v) is 13.9. The lowest BCUT2D eigenvalue weighted by molar-refractivity contribution is -0.123. The van der Waals surface area contributed by atoms with Crippen LogP contribution in [-0.4, -0.2) is 54.9 Å². The van der Waals surface area contributed by atoms with Gasteiger partial charge in [-0.2, -0.15) is 0 Å². The van der Waals surface area contributed by atoms with E-state index >= 15 is 0 Å². The maximum atomic E-state index is 12.7. The number of rotatable bonds is 13. The summed E-state index contributed by atoms with van der Waals surface area (Å²) in [7, 11) is 0. The van der Waals surface area contributed by atoms with Crippen LogP contribution in [0.2, 0.25) is 0 Å². The molecule has 0 saturated carbocycles. The first kappa shape index (κ1) is 34.3. The Morgan fingerprint density at radius 2 is 1.40 bits per heavy atom. The van der Waals surface area contributed by atoms with E-state index in [9.17, 15) is 19.2 Å². The molecule has 4 N–H and O–H groups in total. The Bertz CT molecular complexity index is 1150. The lowest BCUT2D eigenvalue weighted by atomic mass is 10.1. The fourth-order valence-electron chi connectivity index (χ4n) is 3.45. The number of carbonyl (C=O) groups excluding carboxylic acids is 4. The van der Waals surface area contributed by atoms with Crippen LogP contribution in [0, 0.1) is 0 Å². The summed E-state index contributed by atoms with van der Waals surface area (Å²) in [5, 5.41) is 10.2. The minimum atomic E-state index is -0.897. The van der Waals surface area contributed by atoms with E-state index in [-0.39, 0.29) is 38.0 Å². The normalized spacial score (nSPS) is 11.2. The van der Waals surface area contributed by atoms with E-state index in [2.05, 4.69) is 32.8 Å². The van der Waals surface area contributed by atoms with Gasteiger partial charge in [0, 0.05) is 13.1 Å². The van der Waals surface area contributed by atoms with Crippen molar-refractivity contribution in [1.29, 1.82) is 0 Å². The van der Waals surface area contributed by atoms with E-state index in [1.165, 1.54) is 0 Å². The summed E-state index contributed by atoms with van der Waals surface area (Å²) in [4.78, 5) is 54.2. The third kappa shape index (κ3) is 15.6. The molecule has 0 aliphatic rings. The van der Waals surface area contributed by atoms with E-state index in [0.717, 1.165) is 11.1 Å². The fraction of sp³-hybridized carbons (Fsp3) is 0.387. The highest BCUT2D eigenvalue weighted by molar-refractivity contribution is 6.01. The van der Waals surface area contributed by atoms with Gasteiger partial charge in [-0.15, -0.1) is 6.58 Å². The Hall–Kier alpha value is -4.87. The van der Waals surface area contributed by atoms with Crippen LogP contribution in [-0.2, 0) is 32.2 Å². The van der Waals surface area contributed by atoms with Crippen molar-refractivity contribution in [1.82, 2.24) is 21.3 Å². The van der Waals surface area contributed by atoms with Gasteiger partial charge in [-0.1, -0.05) is 66.7 Å². The maximum Gasteiger partial charge on any atom is 0.414 e. The molecule has 2 aromatic carbocycles. The van der Waals surface area contributed by atoms with Gasteiger partial charge in [0.1, 0.15) is 24.9 Å². The number of nitrogens with one attached hydrogen (secondary N) is 4. The van der Waals surface area contributed by atoms with Gasteiger partial charge in [0.15, 0.2) is 0 Å². The molecule has 2 aromatic rings. The van der Waals surface area contributed by atoms with Gasteiger partial charge in [-0.3, -0.25) is 20.4 Å². The molecular formula is C31H41N5O7. The predicted octanol–water partition coefficient (Wildman–Crippen LogP) is 4.56. The number of aliphatic imine (C=N–C) groups is 1. The molecule has 0 heterocycles. The second-order valence-electron chi connectivity index (χ2n) is 10.3. The predicted molar refractivity (Wildman–Crippen MR) is 162 cm³/mol. The van der Waals surface area contributed by atoms with E-state index < -0.39 is 29.9 Å². The molecule has 0 spiro atoms. The first-order valence-electron chi connectivity index (χ1n) is 13.9. The van der Waals surface area contributed by atoms with Crippen LogP contribution in [0.3, 0.4) is 0 Å². The lowest BCUT2D eigenvalue weighted by Crippen LogP contribution is -2.48. The molecule has 4 amide bonds. The zero-order valence-corrected chi connectivity index (χ0v) is 24.9. The minimum absolute atomic E-state index is 0.0113. The van der Waals surface area contributed by atoms with Crippen molar-refractivity contribution in [2.75, 3.05) is 13.1 Å². The third-order valence-electron chi connectivity index (χ3n) is 5.44. The van der Waals surface area contributed by atoms with Crippen LogP contribution in [0.1, 0.15) is 51.2 Å². The molecule has 232 valence electrons. The molecule has 0 fully saturated rings. The number of carbonyl (C=O) groups is 4. The lowest BCUT2D eigenvalue weighted by Gasteiger charge is -2.23. The van der Waals surface area contributed by atoms with Crippen molar-refractivity contribution in [3.05, 3.63) is 84.4 Å². The van der Waals surface area contributed by atoms with Crippen molar-refractivity contribution in [3.8, 4) is 0 Å². The van der Waals surface area contributed by atoms with E-state index in [1.54, 1.807) is 51.1 Å². The molecule has 0 unspecified atom stereocenters. The van der Waals surface area contributed by atoms with Gasteiger partial charge >= 0.3 is 18.3 Å². The molecule has 0 radical (unpaired) electrons. The van der Waals surface area contributed by atoms with Gasteiger partial charge < -0.3 is 24.8 Å². The molecule has 1 atom stereocenters. The third-order valence-corrected chi connectivity index (χ3v) is 5.44. The number of hydrogen-bond donors (Lipinski definition) is 4. The van der Waals surface area contributed by atoms with Crippen molar-refractivity contribution in [2.45, 2.75) is 64.9 Å². The Morgan fingerprint density at radius 1 is 0.860 bits per heavy atom. The zero-order valence-electron chi connectivity index (χ0n) is 24.9. The van der Waals surface area contributed by atoms with Crippen LogP contribution >= 0.6 is 0 Å². The number of amides is 4. The Morgan fingerprint density at radius 3 is 1.88 bits per heavy atom. The average molecular weight is 596 g/mol. The van der Waals surface area contributed by atoms with Crippen molar-refractivity contribution < 1.29 is 33.4 Å². The Labute approximate surface area is 252 Å². The van der Waals surface area contributed by atoms with Crippen LogP contribution in [0.25, 0.3) is 0 Å². The maximum absolute atomic E-state index is 12.7. The summed E-state index contributed by atoms with van der Waals surface area (Å²) < 4.78 is 15.8. The van der Waals surface area contributed by atoms with E-state index in [0.29, 0.717) is 19.4 Å². The van der Waals surface area contributed by atoms with Gasteiger partial charge in [0.2, 0.25) is 11.9 Å². The Kier molecular flexibility index (Phi) is 14.8. The second-order valence-corrected chi connectivity index (χ2v) is 10.3. The smallest absolute Gasteiger partial charge is 0.414 e. The summed E-state index contributed by atoms with van der Waals surface area (Å²) in [5.74, 6) is -0.578. The van der Waals surface area contributed by atoms with Crippen molar-refractivity contribution in [3.63, 3.8) is 0 Å². The highest BCUT2D eigenvalue weighted by atomic mass is 16.6.